The van der Waals surface area contributed by atoms with Gasteiger partial charge in [0, 0.05) is 0 Å². The quantitative estimate of drug-likeness (QED) is 0.801. The predicted octanol–water partition coefficient (Wildman–Crippen LogP) is 1.91. The molecule has 1 heterocycles. The molecule has 1 aromatic rings. The number of aromatic hydroxyl groups is 1. The highest BCUT2D eigenvalue weighted by Gasteiger charge is 2.30. The van der Waals surface area contributed by atoms with Crippen molar-refractivity contribution in [3.8, 4) is 5.75 Å². The van der Waals surface area contributed by atoms with Crippen LogP contribution in [0.5, 0.6) is 5.75 Å². The van der Waals surface area contributed by atoms with Crippen LogP contribution in [-0.4, -0.2) is 34.3 Å². The first-order valence-corrected chi connectivity index (χ1v) is 5.93. The van der Waals surface area contributed by atoms with E-state index in [-0.39, 0.29) is 17.9 Å². The third-order valence-electron chi connectivity index (χ3n) is 3.32. The zero-order chi connectivity index (χ0) is 11.5. The lowest BCUT2D eigenvalue weighted by atomic mass is 9.92. The van der Waals surface area contributed by atoms with E-state index in [0.717, 1.165) is 31.5 Å². The second-order valence-electron chi connectivity index (χ2n) is 4.38. The fourth-order valence-electron chi connectivity index (χ4n) is 2.54. The Bertz CT molecular complexity index is 354. The number of hydrogen-bond acceptors (Lipinski definition) is 3. The number of likely N-dealkylation sites (tertiary alicyclic amines) is 1. The fraction of sp³-hybridized carbons (Fsp3) is 0.538. The molecule has 1 aliphatic rings. The maximum absolute atomic E-state index is 10.1. The fourth-order valence-corrected chi connectivity index (χ4v) is 2.54. The monoisotopic (exact) mass is 221 g/mol. The van der Waals surface area contributed by atoms with Crippen molar-refractivity contribution >= 4 is 0 Å². The Kier molecular flexibility index (Phi) is 3.46. The Hall–Kier alpha value is -1.06. The van der Waals surface area contributed by atoms with E-state index < -0.39 is 0 Å². The Morgan fingerprint density at radius 2 is 2.25 bits per heavy atom. The molecule has 1 saturated heterocycles. The number of nitrogens with zero attached hydrogens (tertiary/aromatic N) is 1. The lowest BCUT2D eigenvalue weighted by Gasteiger charge is -2.38. The van der Waals surface area contributed by atoms with Crippen LogP contribution in [0.3, 0.4) is 0 Å². The molecule has 0 bridgehead atoms. The van der Waals surface area contributed by atoms with Gasteiger partial charge in [-0.1, -0.05) is 19.1 Å². The molecule has 1 fully saturated rings. The van der Waals surface area contributed by atoms with Crippen LogP contribution in [0.4, 0.5) is 0 Å². The minimum absolute atomic E-state index is 0.0332. The molecule has 0 amide bonds. The molecule has 1 aliphatic heterocycles. The minimum Gasteiger partial charge on any atom is -0.508 e. The first-order valence-electron chi connectivity index (χ1n) is 5.93. The van der Waals surface area contributed by atoms with Crippen molar-refractivity contribution in [2.24, 2.45) is 0 Å². The summed E-state index contributed by atoms with van der Waals surface area (Å²) < 4.78 is 0. The van der Waals surface area contributed by atoms with Gasteiger partial charge in [-0.25, -0.2) is 0 Å². The molecule has 0 aliphatic carbocycles. The van der Waals surface area contributed by atoms with E-state index in [1.165, 1.54) is 0 Å². The maximum atomic E-state index is 10.1. The second-order valence-corrected chi connectivity index (χ2v) is 4.38. The van der Waals surface area contributed by atoms with Crippen LogP contribution in [0, 0.1) is 0 Å². The van der Waals surface area contributed by atoms with Crippen LogP contribution in [0.15, 0.2) is 24.3 Å². The molecule has 1 aromatic carbocycles. The Balaban J connectivity index is 2.28. The average molecular weight is 221 g/mol. The van der Waals surface area contributed by atoms with E-state index in [4.69, 9.17) is 0 Å². The summed E-state index contributed by atoms with van der Waals surface area (Å²) >= 11 is 0. The third kappa shape index (κ3) is 2.20. The molecule has 2 atom stereocenters. The molecule has 88 valence electrons. The number of rotatable bonds is 2. The molecule has 0 aromatic heterocycles. The zero-order valence-electron chi connectivity index (χ0n) is 9.63. The van der Waals surface area contributed by atoms with Crippen LogP contribution in [0.2, 0.25) is 0 Å². The van der Waals surface area contributed by atoms with Crippen molar-refractivity contribution in [3.63, 3.8) is 0 Å². The topological polar surface area (TPSA) is 43.7 Å². The van der Waals surface area contributed by atoms with Crippen molar-refractivity contribution in [2.45, 2.75) is 31.9 Å². The van der Waals surface area contributed by atoms with Gasteiger partial charge in [-0.2, -0.15) is 0 Å². The lowest BCUT2D eigenvalue weighted by molar-refractivity contribution is 0.0125. The Morgan fingerprint density at radius 3 is 2.94 bits per heavy atom. The van der Waals surface area contributed by atoms with E-state index >= 15 is 0 Å². The van der Waals surface area contributed by atoms with E-state index in [1.54, 1.807) is 12.1 Å². The van der Waals surface area contributed by atoms with Crippen LogP contribution < -0.4 is 0 Å². The maximum Gasteiger partial charge on any atom is 0.115 e. The third-order valence-corrected chi connectivity index (χ3v) is 3.32. The molecule has 2 N–H and O–H groups in total. The summed E-state index contributed by atoms with van der Waals surface area (Å²) in [5.74, 6) is 0.270. The zero-order valence-corrected chi connectivity index (χ0v) is 9.63. The van der Waals surface area contributed by atoms with E-state index in [9.17, 15) is 10.2 Å². The molecular formula is C13H19NO2. The first-order chi connectivity index (χ1) is 7.72. The van der Waals surface area contributed by atoms with Crippen LogP contribution in [0.25, 0.3) is 0 Å². The van der Waals surface area contributed by atoms with Crippen molar-refractivity contribution < 1.29 is 10.2 Å². The number of aliphatic hydroxyl groups is 1. The highest BCUT2D eigenvalue weighted by atomic mass is 16.3. The molecular weight excluding hydrogens is 202 g/mol. The number of hydrogen-bond donors (Lipinski definition) is 2. The summed E-state index contributed by atoms with van der Waals surface area (Å²) in [6.07, 6.45) is 1.57. The van der Waals surface area contributed by atoms with Gasteiger partial charge in [0.2, 0.25) is 0 Å². The number of phenols is 1. The van der Waals surface area contributed by atoms with Gasteiger partial charge in [-0.05, 0) is 43.6 Å². The van der Waals surface area contributed by atoms with Crippen LogP contribution in [0.1, 0.15) is 31.4 Å². The molecule has 3 nitrogen and oxygen atoms in total. The Labute approximate surface area is 96.3 Å². The van der Waals surface area contributed by atoms with E-state index in [2.05, 4.69) is 11.8 Å². The molecule has 16 heavy (non-hydrogen) atoms. The molecule has 0 radical (unpaired) electrons. The van der Waals surface area contributed by atoms with Crippen molar-refractivity contribution in [1.29, 1.82) is 0 Å². The summed E-state index contributed by atoms with van der Waals surface area (Å²) in [6, 6.07) is 7.25. The van der Waals surface area contributed by atoms with Crippen molar-refractivity contribution in [2.75, 3.05) is 13.1 Å². The summed E-state index contributed by atoms with van der Waals surface area (Å²) in [6.45, 7) is 4.05. The van der Waals surface area contributed by atoms with Gasteiger partial charge in [0.1, 0.15) is 5.75 Å². The largest absolute Gasteiger partial charge is 0.508 e. The molecule has 0 saturated carbocycles. The molecule has 2 unspecified atom stereocenters. The summed E-state index contributed by atoms with van der Waals surface area (Å²) in [5.41, 5.74) is 1.01. The molecule has 3 heteroatoms. The number of phenolic OH excluding ortho intramolecular Hbond substituents is 1. The number of piperidine rings is 1. The van der Waals surface area contributed by atoms with Crippen molar-refractivity contribution in [1.82, 2.24) is 4.90 Å². The van der Waals surface area contributed by atoms with Crippen LogP contribution in [-0.2, 0) is 0 Å². The summed E-state index contributed by atoms with van der Waals surface area (Å²) in [7, 11) is 0. The predicted molar refractivity (Wildman–Crippen MR) is 63.3 cm³/mol. The van der Waals surface area contributed by atoms with Gasteiger partial charge in [0.25, 0.3) is 0 Å². The molecule has 0 spiro atoms. The van der Waals surface area contributed by atoms with Gasteiger partial charge in [-0.15, -0.1) is 0 Å². The highest BCUT2D eigenvalue weighted by molar-refractivity contribution is 5.30. The number of likely N-dealkylation sites (N-methyl/N-ethyl adjacent to an activating group) is 1. The normalized spacial score (nSPS) is 26.9. The van der Waals surface area contributed by atoms with E-state index in [0.29, 0.717) is 0 Å². The van der Waals surface area contributed by atoms with Gasteiger partial charge >= 0.3 is 0 Å². The van der Waals surface area contributed by atoms with Gasteiger partial charge < -0.3 is 10.2 Å². The first kappa shape index (κ1) is 11.4. The molecule has 2 rings (SSSR count). The van der Waals surface area contributed by atoms with Gasteiger partial charge in [0.05, 0.1) is 12.1 Å². The average Bonchev–Trinajstić information content (AvgIpc) is 2.28. The minimum atomic E-state index is -0.324. The number of benzene rings is 1. The summed E-state index contributed by atoms with van der Waals surface area (Å²) in [5, 5.41) is 19.6. The van der Waals surface area contributed by atoms with Gasteiger partial charge in [-0.3, -0.25) is 4.90 Å². The van der Waals surface area contributed by atoms with Crippen LogP contribution >= 0.6 is 0 Å². The van der Waals surface area contributed by atoms with E-state index in [1.807, 2.05) is 12.1 Å². The second kappa shape index (κ2) is 4.85. The standard InChI is InChI=1S/C13H19NO2/c1-2-14-8-4-7-12(16)13(14)10-5-3-6-11(15)9-10/h3,5-6,9,12-13,15-16H,2,4,7-8H2,1H3. The highest BCUT2D eigenvalue weighted by Crippen LogP contribution is 2.32. The SMILES string of the molecule is CCN1CCCC(O)C1c1cccc(O)c1. The smallest absolute Gasteiger partial charge is 0.115 e. The van der Waals surface area contributed by atoms with Crippen molar-refractivity contribution in [3.05, 3.63) is 29.8 Å². The summed E-state index contributed by atoms with van der Waals surface area (Å²) in [4.78, 5) is 2.27. The number of aliphatic hydroxyl groups excluding tert-OH is 1. The van der Waals surface area contributed by atoms with Gasteiger partial charge in [0.15, 0.2) is 0 Å². The lowest BCUT2D eigenvalue weighted by Crippen LogP contribution is -2.41. The Morgan fingerprint density at radius 1 is 1.44 bits per heavy atom.